The molecule has 2 aromatic rings. The first-order valence-corrected chi connectivity index (χ1v) is 13.8. The number of hydrogen-bond acceptors (Lipinski definition) is 4. The van der Waals surface area contributed by atoms with E-state index in [1.165, 1.54) is 4.90 Å². The van der Waals surface area contributed by atoms with Crippen molar-refractivity contribution in [2.45, 2.75) is 66.0 Å². The summed E-state index contributed by atoms with van der Waals surface area (Å²) >= 11 is 0. The third-order valence-corrected chi connectivity index (χ3v) is 6.68. The van der Waals surface area contributed by atoms with Gasteiger partial charge in [0, 0.05) is 12.1 Å². The van der Waals surface area contributed by atoms with Gasteiger partial charge in [-0.05, 0) is 76.3 Å². The molecule has 2 rings (SSSR count). The number of rotatable bonds is 10. The van der Waals surface area contributed by atoms with Crippen molar-refractivity contribution in [3.05, 3.63) is 65.2 Å². The fourth-order valence-corrected chi connectivity index (χ4v) is 4.89. The van der Waals surface area contributed by atoms with Gasteiger partial charge in [0.15, 0.2) is 0 Å². The van der Waals surface area contributed by atoms with Gasteiger partial charge in [0.25, 0.3) is 0 Å². The Labute approximate surface area is 210 Å². The number of carbonyl (C=O) groups is 2. The minimum Gasteiger partial charge on any atom is -0.350 e. The molecule has 0 spiro atoms. The Morgan fingerprint density at radius 3 is 2.06 bits per heavy atom. The van der Waals surface area contributed by atoms with Gasteiger partial charge in [-0.1, -0.05) is 43.3 Å². The molecular weight excluding hydrogens is 462 g/mol. The van der Waals surface area contributed by atoms with E-state index in [0.29, 0.717) is 25.1 Å². The van der Waals surface area contributed by atoms with Crippen LogP contribution < -0.4 is 9.62 Å². The largest absolute Gasteiger partial charge is 0.350 e. The highest BCUT2D eigenvalue weighted by Gasteiger charge is 2.32. The summed E-state index contributed by atoms with van der Waals surface area (Å²) in [6.07, 6.45) is 2.05. The van der Waals surface area contributed by atoms with Crippen LogP contribution >= 0.6 is 0 Å². The van der Waals surface area contributed by atoms with Gasteiger partial charge in [-0.2, -0.15) is 0 Å². The molecule has 2 aromatic carbocycles. The van der Waals surface area contributed by atoms with Crippen LogP contribution in [0.25, 0.3) is 0 Å². The summed E-state index contributed by atoms with van der Waals surface area (Å²) in [6.45, 7) is 11.2. The maximum absolute atomic E-state index is 13.7. The Hall–Kier alpha value is -2.87. The quantitative estimate of drug-likeness (QED) is 0.536. The number of benzene rings is 2. The molecule has 0 saturated heterocycles. The fourth-order valence-electron chi connectivity index (χ4n) is 4.06. The predicted molar refractivity (Wildman–Crippen MR) is 142 cm³/mol. The normalized spacial score (nSPS) is 12.7. The summed E-state index contributed by atoms with van der Waals surface area (Å²) in [4.78, 5) is 28.3. The molecule has 0 aliphatic heterocycles. The van der Waals surface area contributed by atoms with E-state index in [0.717, 1.165) is 27.3 Å². The molecule has 0 aliphatic carbocycles. The van der Waals surface area contributed by atoms with Crippen molar-refractivity contribution in [2.24, 2.45) is 0 Å². The third-order valence-electron chi connectivity index (χ3n) is 5.54. The van der Waals surface area contributed by atoms with Crippen LogP contribution in [0.3, 0.4) is 0 Å². The lowest BCUT2D eigenvalue weighted by atomic mass is 10.1. The van der Waals surface area contributed by atoms with Crippen molar-refractivity contribution in [2.75, 3.05) is 23.7 Å². The highest BCUT2D eigenvalue weighted by atomic mass is 32.2. The molecule has 0 fully saturated rings. The number of anilines is 1. The molecule has 0 unspecified atom stereocenters. The van der Waals surface area contributed by atoms with Gasteiger partial charge in [0.2, 0.25) is 21.8 Å². The van der Waals surface area contributed by atoms with Crippen molar-refractivity contribution < 1.29 is 18.0 Å². The van der Waals surface area contributed by atoms with Crippen molar-refractivity contribution in [1.82, 2.24) is 10.2 Å². The minimum absolute atomic E-state index is 0.251. The maximum Gasteiger partial charge on any atom is 0.244 e. The van der Waals surface area contributed by atoms with Crippen molar-refractivity contribution in [3.8, 4) is 0 Å². The van der Waals surface area contributed by atoms with Gasteiger partial charge in [-0.3, -0.25) is 13.9 Å². The second-order valence-corrected chi connectivity index (χ2v) is 12.0. The van der Waals surface area contributed by atoms with Gasteiger partial charge in [-0.15, -0.1) is 0 Å². The third kappa shape index (κ3) is 8.69. The number of nitrogens with one attached hydrogen (secondary N) is 1. The average molecular weight is 502 g/mol. The van der Waals surface area contributed by atoms with Gasteiger partial charge < -0.3 is 10.2 Å². The Bertz CT molecular complexity index is 1100. The molecule has 0 saturated carbocycles. The molecule has 2 amide bonds. The maximum atomic E-state index is 13.7. The molecule has 192 valence electrons. The van der Waals surface area contributed by atoms with Gasteiger partial charge >= 0.3 is 0 Å². The number of sulfonamides is 1. The molecule has 0 radical (unpaired) electrons. The summed E-state index contributed by atoms with van der Waals surface area (Å²) in [5, 5.41) is 2.97. The number of hydrogen-bond donors (Lipinski definition) is 1. The Balaban J connectivity index is 2.41. The first-order chi connectivity index (χ1) is 16.2. The van der Waals surface area contributed by atoms with E-state index in [4.69, 9.17) is 0 Å². The van der Waals surface area contributed by atoms with Crippen molar-refractivity contribution >= 4 is 27.5 Å². The molecule has 1 N–H and O–H groups in total. The summed E-state index contributed by atoms with van der Waals surface area (Å²) < 4.78 is 26.6. The standard InChI is InChI=1S/C27H39N3O4S/c1-8-24(26(32)28-27(4,5)6)29(15-14-22-12-10-9-11-13-22)25(31)19-30(35(7,33)34)23-17-20(2)16-21(3)18-23/h9-13,16-18,24H,8,14-15,19H2,1-7H3,(H,28,32)/t24-/m0/s1. The molecule has 0 bridgehead atoms. The SMILES string of the molecule is CC[C@@H](C(=O)NC(C)(C)C)N(CCc1ccccc1)C(=O)CN(c1cc(C)cc(C)c1)S(C)(=O)=O. The summed E-state index contributed by atoms with van der Waals surface area (Å²) in [6, 6.07) is 14.4. The molecule has 35 heavy (non-hydrogen) atoms. The lowest BCUT2D eigenvalue weighted by Gasteiger charge is -2.34. The molecule has 0 aliphatic rings. The molecule has 7 nitrogen and oxygen atoms in total. The van der Waals surface area contributed by atoms with Crippen LogP contribution in [0, 0.1) is 13.8 Å². The number of carbonyl (C=O) groups excluding carboxylic acids is 2. The van der Waals surface area contributed by atoms with E-state index in [-0.39, 0.29) is 12.5 Å². The Kier molecular flexibility index (Phi) is 9.49. The van der Waals surface area contributed by atoms with Gasteiger partial charge in [0.05, 0.1) is 11.9 Å². The molecule has 8 heteroatoms. The highest BCUT2D eigenvalue weighted by Crippen LogP contribution is 2.22. The van der Waals surface area contributed by atoms with Gasteiger partial charge in [0.1, 0.15) is 12.6 Å². The van der Waals surface area contributed by atoms with Crippen LogP contribution in [-0.2, 0) is 26.0 Å². The average Bonchev–Trinajstić information content (AvgIpc) is 2.72. The monoisotopic (exact) mass is 501 g/mol. The number of amides is 2. The zero-order valence-corrected chi connectivity index (χ0v) is 22.8. The van der Waals surface area contributed by atoms with E-state index in [2.05, 4.69) is 5.32 Å². The summed E-state index contributed by atoms with van der Waals surface area (Å²) in [5.74, 6) is -0.667. The topological polar surface area (TPSA) is 86.8 Å². The van der Waals surface area contributed by atoms with E-state index in [1.807, 2.05) is 77.9 Å². The predicted octanol–water partition coefficient (Wildman–Crippen LogP) is 3.83. The van der Waals surface area contributed by atoms with E-state index < -0.39 is 27.5 Å². The number of nitrogens with zero attached hydrogens (tertiary/aromatic N) is 2. The van der Waals surface area contributed by atoms with Crippen LogP contribution in [0.4, 0.5) is 5.69 Å². The van der Waals surface area contributed by atoms with Crippen LogP contribution in [0.2, 0.25) is 0 Å². The first-order valence-electron chi connectivity index (χ1n) is 11.9. The summed E-state index contributed by atoms with van der Waals surface area (Å²) in [5.41, 5.74) is 2.81. The molecule has 0 aromatic heterocycles. The lowest BCUT2D eigenvalue weighted by molar-refractivity contribution is -0.140. The Morgan fingerprint density at radius 1 is 1.00 bits per heavy atom. The van der Waals surface area contributed by atoms with E-state index in [9.17, 15) is 18.0 Å². The van der Waals surface area contributed by atoms with Gasteiger partial charge in [-0.25, -0.2) is 8.42 Å². The molecule has 1 atom stereocenters. The number of aryl methyl sites for hydroxylation is 2. The van der Waals surface area contributed by atoms with Crippen molar-refractivity contribution in [1.29, 1.82) is 0 Å². The van der Waals surface area contributed by atoms with Crippen LogP contribution in [0.5, 0.6) is 0 Å². The fraction of sp³-hybridized carbons (Fsp3) is 0.481. The van der Waals surface area contributed by atoms with Crippen LogP contribution in [0.15, 0.2) is 48.5 Å². The van der Waals surface area contributed by atoms with Crippen LogP contribution in [0.1, 0.15) is 50.8 Å². The Morgan fingerprint density at radius 2 is 1.57 bits per heavy atom. The highest BCUT2D eigenvalue weighted by molar-refractivity contribution is 7.92. The summed E-state index contributed by atoms with van der Waals surface area (Å²) in [7, 11) is -3.74. The second kappa shape index (κ2) is 11.7. The molecular formula is C27H39N3O4S. The second-order valence-electron chi connectivity index (χ2n) is 10.1. The van der Waals surface area contributed by atoms with E-state index in [1.54, 1.807) is 12.1 Å². The first kappa shape index (κ1) is 28.4. The smallest absolute Gasteiger partial charge is 0.244 e. The zero-order chi connectivity index (χ0) is 26.4. The van der Waals surface area contributed by atoms with E-state index >= 15 is 0 Å². The zero-order valence-electron chi connectivity index (χ0n) is 22.0. The minimum atomic E-state index is -3.74. The molecule has 0 heterocycles. The lowest BCUT2D eigenvalue weighted by Crippen LogP contribution is -2.56. The van der Waals surface area contributed by atoms with Crippen molar-refractivity contribution in [3.63, 3.8) is 0 Å². The van der Waals surface area contributed by atoms with Crippen LogP contribution in [-0.4, -0.2) is 56.1 Å².